The summed E-state index contributed by atoms with van der Waals surface area (Å²) >= 11 is 6.04. The number of carbonyl (C=O) groups is 2. The Hall–Kier alpha value is -1.79. The molecule has 1 fully saturated rings. The third-order valence-corrected chi connectivity index (χ3v) is 3.80. The van der Waals surface area contributed by atoms with Crippen LogP contribution >= 0.6 is 11.6 Å². The van der Waals surface area contributed by atoms with Gasteiger partial charge < -0.3 is 20.5 Å². The fourth-order valence-electron chi connectivity index (χ4n) is 2.30. The number of aromatic carboxylic acids is 1. The summed E-state index contributed by atoms with van der Waals surface area (Å²) in [5.74, 6) is -1.14. The second kappa shape index (κ2) is 6.78. The van der Waals surface area contributed by atoms with Gasteiger partial charge in [-0.2, -0.15) is 0 Å². The van der Waals surface area contributed by atoms with E-state index in [1.165, 1.54) is 19.2 Å². The topological polar surface area (TPSA) is 87.7 Å². The third kappa shape index (κ3) is 3.65. The normalized spacial score (nSPS) is 15.5. The van der Waals surface area contributed by atoms with E-state index >= 15 is 0 Å². The van der Waals surface area contributed by atoms with Gasteiger partial charge in [-0.05, 0) is 32.0 Å². The van der Waals surface area contributed by atoms with Crippen molar-refractivity contribution < 1.29 is 19.4 Å². The summed E-state index contributed by atoms with van der Waals surface area (Å²) in [6.45, 7) is 1.63. The van der Waals surface area contributed by atoms with Crippen LogP contribution < -0.4 is 15.4 Å². The van der Waals surface area contributed by atoms with Crippen molar-refractivity contribution >= 4 is 29.2 Å². The molecule has 1 amide bonds. The van der Waals surface area contributed by atoms with Crippen LogP contribution in [-0.2, 0) is 4.79 Å². The Kier molecular flexibility index (Phi) is 5.03. The summed E-state index contributed by atoms with van der Waals surface area (Å²) in [5, 5.41) is 15.2. The highest BCUT2D eigenvalue weighted by Gasteiger charge is 2.22. The lowest BCUT2D eigenvalue weighted by Gasteiger charge is -2.22. The van der Waals surface area contributed by atoms with Crippen LogP contribution in [-0.4, -0.2) is 37.2 Å². The van der Waals surface area contributed by atoms with Crippen molar-refractivity contribution in [3.63, 3.8) is 0 Å². The number of rotatable bonds is 4. The van der Waals surface area contributed by atoms with Crippen molar-refractivity contribution in [3.8, 4) is 5.75 Å². The molecule has 0 bridgehead atoms. The third-order valence-electron chi connectivity index (χ3n) is 3.49. The monoisotopic (exact) mass is 312 g/mol. The van der Waals surface area contributed by atoms with Crippen LogP contribution in [0.5, 0.6) is 5.75 Å². The molecule has 1 aliphatic heterocycles. The Morgan fingerprint density at radius 2 is 2.05 bits per heavy atom. The van der Waals surface area contributed by atoms with E-state index in [1.807, 2.05) is 0 Å². The van der Waals surface area contributed by atoms with Crippen molar-refractivity contribution in [3.05, 3.63) is 22.7 Å². The van der Waals surface area contributed by atoms with E-state index in [9.17, 15) is 9.59 Å². The number of carboxylic acids is 1. The smallest absolute Gasteiger partial charge is 0.339 e. The number of piperidine rings is 1. The molecule has 3 N–H and O–H groups in total. The Balaban J connectivity index is 2.19. The van der Waals surface area contributed by atoms with E-state index < -0.39 is 5.97 Å². The minimum atomic E-state index is -1.13. The molecule has 1 aromatic carbocycles. The van der Waals surface area contributed by atoms with Crippen LogP contribution in [0.4, 0.5) is 5.69 Å². The summed E-state index contributed by atoms with van der Waals surface area (Å²) in [4.78, 5) is 23.3. The number of benzene rings is 1. The first-order chi connectivity index (χ1) is 10.0. The van der Waals surface area contributed by atoms with E-state index in [2.05, 4.69) is 10.6 Å². The van der Waals surface area contributed by atoms with Crippen molar-refractivity contribution in [2.24, 2.45) is 5.92 Å². The molecule has 0 spiro atoms. The molecule has 0 saturated carbocycles. The van der Waals surface area contributed by atoms with Crippen LogP contribution in [0.2, 0.25) is 5.02 Å². The Bertz CT molecular complexity index is 556. The Morgan fingerprint density at radius 3 is 2.62 bits per heavy atom. The van der Waals surface area contributed by atoms with Crippen LogP contribution in [0, 0.1) is 5.92 Å². The molecule has 0 aromatic heterocycles. The molecule has 0 radical (unpaired) electrons. The second-order valence-corrected chi connectivity index (χ2v) is 5.26. The van der Waals surface area contributed by atoms with E-state index in [1.54, 1.807) is 0 Å². The van der Waals surface area contributed by atoms with Gasteiger partial charge in [-0.15, -0.1) is 0 Å². The lowest BCUT2D eigenvalue weighted by molar-refractivity contribution is -0.120. The summed E-state index contributed by atoms with van der Waals surface area (Å²) in [6.07, 6.45) is 1.54. The molecular formula is C14H17ClN2O4. The van der Waals surface area contributed by atoms with Crippen LogP contribution in [0.1, 0.15) is 23.2 Å². The van der Waals surface area contributed by atoms with Gasteiger partial charge in [0.2, 0.25) is 5.91 Å². The Morgan fingerprint density at radius 1 is 1.38 bits per heavy atom. The van der Waals surface area contributed by atoms with E-state index in [0.29, 0.717) is 5.69 Å². The van der Waals surface area contributed by atoms with Crippen molar-refractivity contribution in [1.82, 2.24) is 5.32 Å². The quantitative estimate of drug-likeness (QED) is 0.791. The van der Waals surface area contributed by atoms with Crippen LogP contribution in [0.25, 0.3) is 0 Å². The molecule has 0 aliphatic carbocycles. The minimum Gasteiger partial charge on any atom is -0.496 e. The molecule has 1 aromatic rings. The first kappa shape index (κ1) is 15.6. The number of carbonyl (C=O) groups excluding carboxylic acids is 1. The van der Waals surface area contributed by atoms with Crippen LogP contribution in [0.15, 0.2) is 12.1 Å². The first-order valence-electron chi connectivity index (χ1n) is 6.65. The highest BCUT2D eigenvalue weighted by Crippen LogP contribution is 2.31. The summed E-state index contributed by atoms with van der Waals surface area (Å²) < 4.78 is 5.03. The van der Waals surface area contributed by atoms with Gasteiger partial charge in [0.25, 0.3) is 0 Å². The van der Waals surface area contributed by atoms with Crippen molar-refractivity contribution in [1.29, 1.82) is 0 Å². The number of anilines is 1. The lowest BCUT2D eigenvalue weighted by atomic mass is 9.97. The highest BCUT2D eigenvalue weighted by molar-refractivity contribution is 6.34. The molecule has 2 rings (SSSR count). The van der Waals surface area contributed by atoms with E-state index in [0.717, 1.165) is 25.9 Å². The number of amides is 1. The maximum atomic E-state index is 12.2. The predicted octanol–water partition coefficient (Wildman–Crippen LogP) is 1.98. The second-order valence-electron chi connectivity index (χ2n) is 4.85. The SMILES string of the molecule is COc1cc(NC(=O)C2CCNCC2)c(Cl)cc1C(=O)O. The van der Waals surface area contributed by atoms with Gasteiger partial charge in [0.1, 0.15) is 11.3 Å². The van der Waals surface area contributed by atoms with Crippen LogP contribution in [0.3, 0.4) is 0 Å². The zero-order valence-corrected chi connectivity index (χ0v) is 12.4. The molecule has 1 saturated heterocycles. The van der Waals surface area contributed by atoms with Gasteiger partial charge in [0.05, 0.1) is 17.8 Å². The van der Waals surface area contributed by atoms with E-state index in [4.69, 9.17) is 21.4 Å². The number of ether oxygens (including phenoxy) is 1. The summed E-state index contributed by atoms with van der Waals surface area (Å²) in [5.41, 5.74) is 0.324. The van der Waals surface area contributed by atoms with Gasteiger partial charge in [-0.1, -0.05) is 11.6 Å². The standard InChI is InChI=1S/C14H17ClN2O4/c1-21-12-7-11(10(15)6-9(12)14(19)20)17-13(18)8-2-4-16-5-3-8/h6-8,16H,2-5H2,1H3,(H,17,18)(H,19,20). The summed E-state index contributed by atoms with van der Waals surface area (Å²) in [6, 6.07) is 2.71. The number of nitrogens with one attached hydrogen (secondary N) is 2. The molecule has 6 nitrogen and oxygen atoms in total. The maximum Gasteiger partial charge on any atom is 0.339 e. The largest absolute Gasteiger partial charge is 0.496 e. The number of hydrogen-bond acceptors (Lipinski definition) is 4. The molecule has 0 unspecified atom stereocenters. The zero-order chi connectivity index (χ0) is 15.4. The fourth-order valence-corrected chi connectivity index (χ4v) is 2.52. The first-order valence-corrected chi connectivity index (χ1v) is 7.03. The number of methoxy groups -OCH3 is 1. The van der Waals surface area contributed by atoms with Gasteiger partial charge in [0.15, 0.2) is 0 Å². The van der Waals surface area contributed by atoms with Gasteiger partial charge in [-0.3, -0.25) is 4.79 Å². The molecule has 0 atom stereocenters. The molecule has 1 heterocycles. The molecular weight excluding hydrogens is 296 g/mol. The molecule has 21 heavy (non-hydrogen) atoms. The van der Waals surface area contributed by atoms with Crippen molar-refractivity contribution in [2.45, 2.75) is 12.8 Å². The highest BCUT2D eigenvalue weighted by atomic mass is 35.5. The van der Waals surface area contributed by atoms with Crippen molar-refractivity contribution in [2.75, 3.05) is 25.5 Å². The maximum absolute atomic E-state index is 12.2. The number of halogens is 1. The zero-order valence-electron chi connectivity index (χ0n) is 11.6. The molecule has 7 heteroatoms. The predicted molar refractivity (Wildman–Crippen MR) is 79.2 cm³/mol. The van der Waals surface area contributed by atoms with Gasteiger partial charge in [0, 0.05) is 12.0 Å². The molecule has 1 aliphatic rings. The number of hydrogen-bond donors (Lipinski definition) is 3. The summed E-state index contributed by atoms with van der Waals surface area (Å²) in [7, 11) is 1.37. The average molecular weight is 313 g/mol. The Labute approximate surface area is 127 Å². The number of carboxylic acid groups (broad SMARTS) is 1. The van der Waals surface area contributed by atoms with Gasteiger partial charge >= 0.3 is 5.97 Å². The lowest BCUT2D eigenvalue weighted by Crippen LogP contribution is -2.34. The fraction of sp³-hybridized carbons (Fsp3) is 0.429. The van der Waals surface area contributed by atoms with E-state index in [-0.39, 0.29) is 28.2 Å². The van der Waals surface area contributed by atoms with Gasteiger partial charge in [-0.25, -0.2) is 4.79 Å². The average Bonchev–Trinajstić information content (AvgIpc) is 2.49. The minimum absolute atomic E-state index is 0.0395. The molecule has 114 valence electrons.